The molecule has 10 heteroatoms. The van der Waals surface area contributed by atoms with Gasteiger partial charge in [-0.15, -0.1) is 0 Å². The molecule has 0 heterocycles. The van der Waals surface area contributed by atoms with Gasteiger partial charge in [-0.25, -0.2) is 8.42 Å². The molecular formula is C31H37Cl2N3O4S. The summed E-state index contributed by atoms with van der Waals surface area (Å²) < 4.78 is 29.1. The third-order valence-electron chi connectivity index (χ3n) is 6.81. The molecule has 3 aromatic carbocycles. The highest BCUT2D eigenvalue weighted by Gasteiger charge is 2.34. The van der Waals surface area contributed by atoms with Crippen LogP contribution in [0.3, 0.4) is 0 Å². The van der Waals surface area contributed by atoms with Crippen LogP contribution in [0.25, 0.3) is 0 Å². The van der Waals surface area contributed by atoms with Gasteiger partial charge < -0.3 is 10.2 Å². The number of aryl methyl sites for hydroxylation is 2. The Hall–Kier alpha value is -3.07. The van der Waals surface area contributed by atoms with Crippen LogP contribution in [0.5, 0.6) is 0 Å². The fraction of sp³-hybridized carbons (Fsp3) is 0.355. The Labute approximate surface area is 253 Å². The van der Waals surface area contributed by atoms with Crippen LogP contribution in [0, 0.1) is 13.8 Å². The molecule has 1 N–H and O–H groups in total. The maximum atomic E-state index is 14.2. The Kier molecular flexibility index (Phi) is 11.6. The molecule has 220 valence electrons. The fourth-order valence-corrected chi connectivity index (χ4v) is 6.44. The minimum absolute atomic E-state index is 0.000560. The van der Waals surface area contributed by atoms with Crippen LogP contribution in [0.1, 0.15) is 49.8 Å². The minimum atomic E-state index is -4.14. The first kappa shape index (κ1) is 32.4. The van der Waals surface area contributed by atoms with E-state index in [2.05, 4.69) is 5.32 Å². The van der Waals surface area contributed by atoms with E-state index in [0.717, 1.165) is 22.7 Å². The fourth-order valence-electron chi connectivity index (χ4n) is 4.48. The van der Waals surface area contributed by atoms with Gasteiger partial charge in [-0.05, 0) is 73.7 Å². The number of sulfonamides is 1. The van der Waals surface area contributed by atoms with Gasteiger partial charge in [-0.1, -0.05) is 79.9 Å². The highest BCUT2D eigenvalue weighted by Crippen LogP contribution is 2.29. The number of hydrogen-bond acceptors (Lipinski definition) is 4. The van der Waals surface area contributed by atoms with Crippen molar-refractivity contribution < 1.29 is 18.0 Å². The van der Waals surface area contributed by atoms with Crippen molar-refractivity contribution in [1.82, 2.24) is 10.2 Å². The first-order chi connectivity index (χ1) is 19.5. The van der Waals surface area contributed by atoms with E-state index in [1.54, 1.807) is 49.4 Å². The number of unbranched alkanes of at least 4 members (excludes halogenated alkanes) is 1. The van der Waals surface area contributed by atoms with Crippen LogP contribution in [0.4, 0.5) is 5.69 Å². The molecule has 0 aromatic heterocycles. The number of rotatable bonds is 13. The van der Waals surface area contributed by atoms with E-state index in [-0.39, 0.29) is 17.3 Å². The maximum absolute atomic E-state index is 14.2. The number of nitrogens with one attached hydrogen (secondary N) is 1. The molecule has 0 saturated carbocycles. The third-order valence-corrected chi connectivity index (χ3v) is 9.18. The maximum Gasteiger partial charge on any atom is 0.264 e. The van der Waals surface area contributed by atoms with Gasteiger partial charge >= 0.3 is 0 Å². The highest BCUT2D eigenvalue weighted by atomic mass is 35.5. The Balaban J connectivity index is 2.09. The first-order valence-electron chi connectivity index (χ1n) is 13.7. The largest absolute Gasteiger partial charge is 0.354 e. The van der Waals surface area contributed by atoms with E-state index in [1.165, 1.54) is 17.0 Å². The van der Waals surface area contributed by atoms with Crippen molar-refractivity contribution in [2.75, 3.05) is 17.4 Å². The molecule has 3 aromatic rings. The van der Waals surface area contributed by atoms with Gasteiger partial charge in [0, 0.05) is 23.1 Å². The van der Waals surface area contributed by atoms with Crippen molar-refractivity contribution in [3.05, 3.63) is 93.5 Å². The van der Waals surface area contributed by atoms with E-state index in [4.69, 9.17) is 23.2 Å². The van der Waals surface area contributed by atoms with Gasteiger partial charge in [0.2, 0.25) is 11.8 Å². The van der Waals surface area contributed by atoms with E-state index >= 15 is 0 Å². The van der Waals surface area contributed by atoms with E-state index in [0.29, 0.717) is 39.8 Å². The quantitative estimate of drug-likeness (QED) is 0.221. The molecule has 7 nitrogen and oxygen atoms in total. The van der Waals surface area contributed by atoms with E-state index in [1.807, 2.05) is 32.9 Å². The monoisotopic (exact) mass is 617 g/mol. The van der Waals surface area contributed by atoms with Gasteiger partial charge in [-0.2, -0.15) is 0 Å². The lowest BCUT2D eigenvalue weighted by atomic mass is 10.1. The summed E-state index contributed by atoms with van der Waals surface area (Å²) in [5, 5.41) is 3.71. The predicted octanol–water partition coefficient (Wildman–Crippen LogP) is 6.53. The second-order valence-corrected chi connectivity index (χ2v) is 12.6. The average Bonchev–Trinajstić information content (AvgIpc) is 2.94. The van der Waals surface area contributed by atoms with Gasteiger partial charge in [0.1, 0.15) is 12.6 Å². The molecule has 0 bridgehead atoms. The first-order valence-corrected chi connectivity index (χ1v) is 15.8. The third kappa shape index (κ3) is 8.24. The van der Waals surface area contributed by atoms with Crippen molar-refractivity contribution in [3.8, 4) is 0 Å². The molecule has 0 aliphatic rings. The molecule has 2 amide bonds. The molecule has 3 rings (SSSR count). The molecule has 0 unspecified atom stereocenters. The van der Waals surface area contributed by atoms with Gasteiger partial charge in [0.15, 0.2) is 0 Å². The Morgan fingerprint density at radius 3 is 2.29 bits per heavy atom. The lowest BCUT2D eigenvalue weighted by Crippen LogP contribution is -2.52. The number of amides is 2. The van der Waals surface area contributed by atoms with Gasteiger partial charge in [0.25, 0.3) is 10.0 Å². The minimum Gasteiger partial charge on any atom is -0.354 e. The summed E-state index contributed by atoms with van der Waals surface area (Å²) in [6, 6.07) is 17.6. The molecule has 1 atom stereocenters. The summed E-state index contributed by atoms with van der Waals surface area (Å²) in [6.45, 7) is 7.47. The topological polar surface area (TPSA) is 86.8 Å². The second-order valence-electron chi connectivity index (χ2n) is 9.94. The Bertz CT molecular complexity index is 1470. The lowest BCUT2D eigenvalue weighted by molar-refractivity contribution is -0.140. The molecular weight excluding hydrogens is 581 g/mol. The van der Waals surface area contributed by atoms with Crippen molar-refractivity contribution >= 4 is 50.7 Å². The molecule has 0 fully saturated rings. The number of anilines is 1. The summed E-state index contributed by atoms with van der Waals surface area (Å²) in [7, 11) is -4.14. The smallest absolute Gasteiger partial charge is 0.264 e. The number of carbonyl (C=O) groups is 2. The normalized spacial score (nSPS) is 12.0. The summed E-state index contributed by atoms with van der Waals surface area (Å²) in [6.07, 6.45) is 2.03. The summed E-state index contributed by atoms with van der Waals surface area (Å²) in [5.41, 5.74) is 2.53. The summed E-state index contributed by atoms with van der Waals surface area (Å²) in [5.74, 6) is -0.836. The number of benzene rings is 3. The van der Waals surface area contributed by atoms with Gasteiger partial charge in [-0.3, -0.25) is 13.9 Å². The summed E-state index contributed by atoms with van der Waals surface area (Å²) >= 11 is 12.6. The standard InChI is InChI=1S/C31H37Cl2N3O4S/c1-5-7-17-34-31(38)28(6-2)35(20-24-15-16-25(32)19-27(24)33)30(37)21-36(29-18-22(3)13-14-23(29)4)41(39,40)26-11-9-8-10-12-26/h8-16,18-19,28H,5-7,17,20-21H2,1-4H3,(H,34,38)/t28-/m1/s1. The molecule has 0 saturated heterocycles. The number of halogens is 2. The van der Waals surface area contributed by atoms with Crippen molar-refractivity contribution in [2.24, 2.45) is 0 Å². The van der Waals surface area contributed by atoms with Crippen LogP contribution in [-0.2, 0) is 26.2 Å². The molecule has 0 radical (unpaired) electrons. The Morgan fingerprint density at radius 2 is 1.66 bits per heavy atom. The second kappa shape index (κ2) is 14.7. The lowest BCUT2D eigenvalue weighted by Gasteiger charge is -2.34. The Morgan fingerprint density at radius 1 is 0.951 bits per heavy atom. The number of hydrogen-bond donors (Lipinski definition) is 1. The van der Waals surface area contributed by atoms with Crippen LogP contribution in [-0.4, -0.2) is 44.3 Å². The number of carbonyl (C=O) groups excluding carboxylic acids is 2. The predicted molar refractivity (Wildman–Crippen MR) is 166 cm³/mol. The van der Waals surface area contributed by atoms with Crippen LogP contribution in [0.2, 0.25) is 10.0 Å². The number of nitrogens with zero attached hydrogens (tertiary/aromatic N) is 2. The molecule has 0 aliphatic carbocycles. The van der Waals surface area contributed by atoms with Crippen LogP contribution in [0.15, 0.2) is 71.6 Å². The molecule has 41 heavy (non-hydrogen) atoms. The molecule has 0 spiro atoms. The SMILES string of the molecule is CCCCNC(=O)[C@@H](CC)N(Cc1ccc(Cl)cc1Cl)C(=O)CN(c1cc(C)ccc1C)S(=O)(=O)c1ccccc1. The van der Waals surface area contributed by atoms with E-state index < -0.39 is 28.5 Å². The van der Waals surface area contributed by atoms with Crippen molar-refractivity contribution in [3.63, 3.8) is 0 Å². The van der Waals surface area contributed by atoms with Crippen molar-refractivity contribution in [1.29, 1.82) is 0 Å². The van der Waals surface area contributed by atoms with Crippen molar-refractivity contribution in [2.45, 2.75) is 64.4 Å². The van der Waals surface area contributed by atoms with Gasteiger partial charge in [0.05, 0.1) is 10.6 Å². The average molecular weight is 619 g/mol. The molecule has 0 aliphatic heterocycles. The zero-order valence-electron chi connectivity index (χ0n) is 23.9. The summed E-state index contributed by atoms with van der Waals surface area (Å²) in [4.78, 5) is 29.0. The van der Waals surface area contributed by atoms with E-state index in [9.17, 15) is 18.0 Å². The zero-order chi connectivity index (χ0) is 30.2. The highest BCUT2D eigenvalue weighted by molar-refractivity contribution is 7.92. The van der Waals surface area contributed by atoms with Crippen LogP contribution < -0.4 is 9.62 Å². The zero-order valence-corrected chi connectivity index (χ0v) is 26.2. The van der Waals surface area contributed by atoms with Crippen LogP contribution >= 0.6 is 23.2 Å².